The van der Waals surface area contributed by atoms with Crippen molar-refractivity contribution < 1.29 is 5.11 Å². The average molecular weight is 410 g/mol. The van der Waals surface area contributed by atoms with E-state index in [2.05, 4.69) is 29.4 Å². The van der Waals surface area contributed by atoms with E-state index in [1.54, 1.807) is 16.9 Å². The predicted octanol–water partition coefficient (Wildman–Crippen LogP) is 3.69. The first-order valence-electron chi connectivity index (χ1n) is 10.6. The molecule has 3 rings (SSSR count). The zero-order valence-electron chi connectivity index (χ0n) is 17.9. The van der Waals surface area contributed by atoms with Crippen molar-refractivity contribution in [2.75, 3.05) is 6.54 Å². The molecule has 3 heterocycles. The molecule has 30 heavy (non-hydrogen) atoms. The summed E-state index contributed by atoms with van der Waals surface area (Å²) in [7, 11) is 0. The van der Waals surface area contributed by atoms with Gasteiger partial charge >= 0.3 is 0 Å². The molecule has 0 radical (unpaired) electrons. The number of nitrogens with zero attached hydrogens (tertiary/aromatic N) is 5. The van der Waals surface area contributed by atoms with Gasteiger partial charge in [0.25, 0.3) is 0 Å². The molecule has 0 aliphatic rings. The highest BCUT2D eigenvalue weighted by Crippen LogP contribution is 2.26. The van der Waals surface area contributed by atoms with Crippen molar-refractivity contribution in [3.05, 3.63) is 42.7 Å². The van der Waals surface area contributed by atoms with Crippen LogP contribution in [0.15, 0.2) is 37.1 Å². The third kappa shape index (κ3) is 4.76. The van der Waals surface area contributed by atoms with Gasteiger partial charge in [-0.15, -0.1) is 0 Å². The Labute approximate surface area is 177 Å². The van der Waals surface area contributed by atoms with Gasteiger partial charge in [0.05, 0.1) is 47.6 Å². The maximum absolute atomic E-state index is 9.91. The molecule has 0 amide bonds. The summed E-state index contributed by atoms with van der Waals surface area (Å²) < 4.78 is 3.77. The fourth-order valence-electron chi connectivity index (χ4n) is 3.53. The number of rotatable bonds is 11. The van der Waals surface area contributed by atoms with Crippen LogP contribution in [-0.4, -0.2) is 48.3 Å². The quantitative estimate of drug-likeness (QED) is 0.419. The summed E-state index contributed by atoms with van der Waals surface area (Å²) in [6, 6.07) is 2.28. The van der Waals surface area contributed by atoms with E-state index in [-0.39, 0.29) is 0 Å². The van der Waals surface area contributed by atoms with E-state index in [0.29, 0.717) is 23.9 Å². The Hall–Kier alpha value is -3.00. The molecule has 0 saturated carbocycles. The van der Waals surface area contributed by atoms with Crippen LogP contribution in [0.25, 0.3) is 22.3 Å². The third-order valence-electron chi connectivity index (χ3n) is 5.27. The summed E-state index contributed by atoms with van der Waals surface area (Å²) in [5.74, 6) is 0. The second-order valence-corrected chi connectivity index (χ2v) is 7.41. The minimum absolute atomic E-state index is 0.360. The molecule has 3 N–H and O–H groups in total. The Morgan fingerprint density at radius 1 is 1.23 bits per heavy atom. The van der Waals surface area contributed by atoms with Gasteiger partial charge < -0.3 is 15.8 Å². The normalized spacial score (nSPS) is 13.2. The molecule has 0 aliphatic heterocycles. The Morgan fingerprint density at radius 3 is 2.73 bits per heavy atom. The van der Waals surface area contributed by atoms with E-state index in [1.165, 1.54) is 6.21 Å². The number of hydrogen-bond acceptors (Lipinski definition) is 6. The largest absolute Gasteiger partial charge is 0.391 e. The fourth-order valence-corrected chi connectivity index (χ4v) is 3.53. The predicted molar refractivity (Wildman–Crippen MR) is 120 cm³/mol. The SMILES string of the molecule is CCC[C@H](O)CN/C=C(\C=N)c1cn2nccc2c(-c2cnn(C(CC)CC)c2)n1. The zero-order chi connectivity index (χ0) is 21.5. The van der Waals surface area contributed by atoms with Gasteiger partial charge in [0.1, 0.15) is 0 Å². The lowest BCUT2D eigenvalue weighted by molar-refractivity contribution is 0.165. The molecular weight excluding hydrogens is 378 g/mol. The monoisotopic (exact) mass is 409 g/mol. The maximum Gasteiger partial charge on any atom is 0.0999 e. The second kappa shape index (κ2) is 10.2. The molecule has 0 aromatic carbocycles. The van der Waals surface area contributed by atoms with E-state index < -0.39 is 6.10 Å². The van der Waals surface area contributed by atoms with Crippen LogP contribution < -0.4 is 5.32 Å². The van der Waals surface area contributed by atoms with Gasteiger partial charge in [-0.3, -0.25) is 4.68 Å². The molecule has 0 fully saturated rings. The molecule has 8 heteroatoms. The van der Waals surface area contributed by atoms with E-state index in [1.807, 2.05) is 36.3 Å². The number of fused-ring (bicyclic) bond motifs is 1. The smallest absolute Gasteiger partial charge is 0.0999 e. The summed E-state index contributed by atoms with van der Waals surface area (Å²) in [5, 5.41) is 29.8. The topological polar surface area (TPSA) is 104 Å². The summed E-state index contributed by atoms with van der Waals surface area (Å²) in [4.78, 5) is 4.84. The molecule has 0 unspecified atom stereocenters. The van der Waals surface area contributed by atoms with E-state index in [9.17, 15) is 5.11 Å². The zero-order valence-corrected chi connectivity index (χ0v) is 17.9. The first-order valence-corrected chi connectivity index (χ1v) is 10.6. The standard InChI is InChI=1S/C22H31N7O/c1-4-7-19(30)13-24-11-16(10-23)20-15-29-21(8-9-25-29)22(27-20)17-12-26-28(14-17)18(5-2)6-3/h8-12,14-15,18-19,23-24,30H,4-7,13H2,1-3H3/b16-11+,23-10?/t19-/m0/s1. The van der Waals surface area contributed by atoms with Gasteiger partial charge in [0.2, 0.25) is 0 Å². The van der Waals surface area contributed by atoms with Crippen molar-refractivity contribution >= 4 is 17.3 Å². The molecule has 1 atom stereocenters. The summed E-state index contributed by atoms with van der Waals surface area (Å²) in [6.07, 6.45) is 13.7. The third-order valence-corrected chi connectivity index (χ3v) is 5.27. The lowest BCUT2D eigenvalue weighted by Gasteiger charge is -2.12. The maximum atomic E-state index is 9.91. The van der Waals surface area contributed by atoms with Gasteiger partial charge in [-0.25, -0.2) is 9.50 Å². The van der Waals surface area contributed by atoms with Crippen LogP contribution in [0.4, 0.5) is 0 Å². The number of aromatic nitrogens is 5. The first kappa shape index (κ1) is 21.7. The second-order valence-electron chi connectivity index (χ2n) is 7.41. The number of hydrogen-bond donors (Lipinski definition) is 3. The van der Waals surface area contributed by atoms with Gasteiger partial charge in [-0.05, 0) is 25.3 Å². The molecule has 0 spiro atoms. The Bertz CT molecular complexity index is 1000. The number of nitrogens with one attached hydrogen (secondary N) is 2. The van der Waals surface area contributed by atoms with E-state index in [4.69, 9.17) is 10.4 Å². The minimum Gasteiger partial charge on any atom is -0.391 e. The molecule has 8 nitrogen and oxygen atoms in total. The summed E-state index contributed by atoms with van der Waals surface area (Å²) in [5.41, 5.74) is 3.83. The van der Waals surface area contributed by atoms with Crippen molar-refractivity contribution in [3.8, 4) is 11.3 Å². The van der Waals surface area contributed by atoms with Gasteiger partial charge in [0.15, 0.2) is 0 Å². The van der Waals surface area contributed by atoms with Crippen LogP contribution in [0.1, 0.15) is 58.2 Å². The van der Waals surface area contributed by atoms with Crippen molar-refractivity contribution in [2.45, 2.75) is 58.6 Å². The average Bonchev–Trinajstić information content (AvgIpc) is 3.41. The lowest BCUT2D eigenvalue weighted by Crippen LogP contribution is -2.23. The number of aliphatic hydroxyl groups excluding tert-OH is 1. The Morgan fingerprint density at radius 2 is 2.03 bits per heavy atom. The van der Waals surface area contributed by atoms with Crippen molar-refractivity contribution in [1.82, 2.24) is 29.7 Å². The first-order chi connectivity index (χ1) is 14.6. The molecular formula is C22H31N7O. The van der Waals surface area contributed by atoms with Crippen LogP contribution in [0.2, 0.25) is 0 Å². The van der Waals surface area contributed by atoms with Crippen LogP contribution in [-0.2, 0) is 0 Å². The van der Waals surface area contributed by atoms with Crippen LogP contribution in [0, 0.1) is 5.41 Å². The van der Waals surface area contributed by atoms with Crippen LogP contribution >= 0.6 is 0 Å². The highest BCUT2D eigenvalue weighted by Gasteiger charge is 2.15. The fraction of sp³-hybridized carbons (Fsp3) is 0.455. The van der Waals surface area contributed by atoms with Crippen molar-refractivity contribution in [1.29, 1.82) is 5.41 Å². The highest BCUT2D eigenvalue weighted by atomic mass is 16.3. The van der Waals surface area contributed by atoms with Crippen molar-refractivity contribution in [3.63, 3.8) is 0 Å². The molecule has 3 aromatic heterocycles. The van der Waals surface area contributed by atoms with E-state index >= 15 is 0 Å². The molecule has 160 valence electrons. The molecule has 0 bridgehead atoms. The summed E-state index contributed by atoms with van der Waals surface area (Å²) in [6.45, 7) is 6.80. The number of allylic oxidation sites excluding steroid dienone is 1. The van der Waals surface area contributed by atoms with Crippen molar-refractivity contribution in [2.24, 2.45) is 0 Å². The van der Waals surface area contributed by atoms with E-state index in [0.717, 1.165) is 42.5 Å². The van der Waals surface area contributed by atoms with Crippen LogP contribution in [0.3, 0.4) is 0 Å². The summed E-state index contributed by atoms with van der Waals surface area (Å²) >= 11 is 0. The van der Waals surface area contributed by atoms with Gasteiger partial charge in [-0.2, -0.15) is 10.2 Å². The van der Waals surface area contributed by atoms with Gasteiger partial charge in [-0.1, -0.05) is 27.2 Å². The Kier molecular flexibility index (Phi) is 7.35. The minimum atomic E-state index is -0.411. The number of aliphatic hydroxyl groups is 1. The van der Waals surface area contributed by atoms with Crippen LogP contribution in [0.5, 0.6) is 0 Å². The van der Waals surface area contributed by atoms with Gasteiger partial charge in [0, 0.05) is 36.3 Å². The molecule has 0 aliphatic carbocycles. The molecule has 0 saturated heterocycles. The highest BCUT2D eigenvalue weighted by molar-refractivity contribution is 6.07. The Balaban J connectivity index is 1.95. The molecule has 3 aromatic rings. The lowest BCUT2D eigenvalue weighted by atomic mass is 10.1.